The van der Waals surface area contributed by atoms with Gasteiger partial charge in [-0.1, -0.05) is 26.7 Å². The van der Waals surface area contributed by atoms with Crippen molar-refractivity contribution in [1.29, 1.82) is 0 Å². The summed E-state index contributed by atoms with van der Waals surface area (Å²) >= 11 is 0. The SMILES string of the molecule is CC1(C)CCCC(CC2CO2)C1. The Balaban J connectivity index is 1.81. The summed E-state index contributed by atoms with van der Waals surface area (Å²) in [5.41, 5.74) is 0.609. The van der Waals surface area contributed by atoms with Crippen molar-refractivity contribution in [1.82, 2.24) is 0 Å². The lowest BCUT2D eigenvalue weighted by Gasteiger charge is -2.35. The Bertz CT molecular complexity index is 158. The van der Waals surface area contributed by atoms with E-state index in [1.807, 2.05) is 0 Å². The summed E-state index contributed by atoms with van der Waals surface area (Å²) in [6, 6.07) is 0. The van der Waals surface area contributed by atoms with Gasteiger partial charge in [-0.25, -0.2) is 0 Å². The van der Waals surface area contributed by atoms with Gasteiger partial charge in [-0.05, 0) is 30.6 Å². The zero-order valence-electron chi connectivity index (χ0n) is 8.31. The van der Waals surface area contributed by atoms with E-state index in [2.05, 4.69) is 13.8 Å². The molecular formula is C11H20O. The molecule has 2 atom stereocenters. The average Bonchev–Trinajstić information content (AvgIpc) is 2.69. The fourth-order valence-corrected chi connectivity index (χ4v) is 2.63. The van der Waals surface area contributed by atoms with Crippen LogP contribution in [0.2, 0.25) is 0 Å². The molecular weight excluding hydrogens is 148 g/mol. The van der Waals surface area contributed by atoms with E-state index in [0.717, 1.165) is 12.5 Å². The van der Waals surface area contributed by atoms with E-state index in [4.69, 9.17) is 4.74 Å². The summed E-state index contributed by atoms with van der Waals surface area (Å²) < 4.78 is 5.28. The van der Waals surface area contributed by atoms with Gasteiger partial charge in [0, 0.05) is 0 Å². The van der Waals surface area contributed by atoms with E-state index >= 15 is 0 Å². The highest BCUT2D eigenvalue weighted by Crippen LogP contribution is 2.41. The van der Waals surface area contributed by atoms with Crippen LogP contribution in [0.15, 0.2) is 0 Å². The van der Waals surface area contributed by atoms with Gasteiger partial charge in [0.1, 0.15) is 0 Å². The maximum absolute atomic E-state index is 5.28. The van der Waals surface area contributed by atoms with Gasteiger partial charge in [0.2, 0.25) is 0 Å². The molecule has 0 aromatic rings. The lowest BCUT2D eigenvalue weighted by molar-refractivity contribution is 0.164. The maximum atomic E-state index is 5.28. The van der Waals surface area contributed by atoms with Crippen molar-refractivity contribution in [2.45, 2.75) is 52.1 Å². The fraction of sp³-hybridized carbons (Fsp3) is 1.00. The molecule has 1 aliphatic heterocycles. The summed E-state index contributed by atoms with van der Waals surface area (Å²) in [6.07, 6.45) is 7.71. The molecule has 1 heteroatoms. The van der Waals surface area contributed by atoms with Crippen LogP contribution in [0.25, 0.3) is 0 Å². The van der Waals surface area contributed by atoms with Crippen molar-refractivity contribution in [2.75, 3.05) is 6.61 Å². The first kappa shape index (κ1) is 8.55. The fourth-order valence-electron chi connectivity index (χ4n) is 2.63. The zero-order chi connectivity index (χ0) is 8.60. The molecule has 0 aromatic carbocycles. The zero-order valence-corrected chi connectivity index (χ0v) is 8.31. The Morgan fingerprint density at radius 1 is 1.42 bits per heavy atom. The number of ether oxygens (including phenoxy) is 1. The molecule has 0 N–H and O–H groups in total. The number of hydrogen-bond acceptors (Lipinski definition) is 1. The predicted molar refractivity (Wildman–Crippen MR) is 50.1 cm³/mol. The van der Waals surface area contributed by atoms with Crippen LogP contribution < -0.4 is 0 Å². The van der Waals surface area contributed by atoms with E-state index in [-0.39, 0.29) is 0 Å². The maximum Gasteiger partial charge on any atom is 0.0812 e. The van der Waals surface area contributed by atoms with Crippen molar-refractivity contribution in [3.63, 3.8) is 0 Å². The largest absolute Gasteiger partial charge is 0.373 e. The summed E-state index contributed by atoms with van der Waals surface area (Å²) in [5, 5.41) is 0. The van der Waals surface area contributed by atoms with Crippen LogP contribution in [-0.2, 0) is 4.74 Å². The van der Waals surface area contributed by atoms with Gasteiger partial charge in [-0.15, -0.1) is 0 Å². The van der Waals surface area contributed by atoms with Gasteiger partial charge in [0.05, 0.1) is 12.7 Å². The molecule has 0 radical (unpaired) electrons. The van der Waals surface area contributed by atoms with E-state index in [9.17, 15) is 0 Å². The van der Waals surface area contributed by atoms with E-state index in [0.29, 0.717) is 11.5 Å². The van der Waals surface area contributed by atoms with E-state index in [1.165, 1.54) is 32.1 Å². The number of hydrogen-bond donors (Lipinski definition) is 0. The van der Waals surface area contributed by atoms with Crippen molar-refractivity contribution in [2.24, 2.45) is 11.3 Å². The molecule has 1 aliphatic carbocycles. The predicted octanol–water partition coefficient (Wildman–Crippen LogP) is 2.99. The molecule has 2 fully saturated rings. The minimum atomic E-state index is 0.609. The Morgan fingerprint density at radius 3 is 2.75 bits per heavy atom. The van der Waals surface area contributed by atoms with E-state index < -0.39 is 0 Å². The molecule has 70 valence electrons. The van der Waals surface area contributed by atoms with Crippen LogP contribution in [-0.4, -0.2) is 12.7 Å². The Morgan fingerprint density at radius 2 is 2.17 bits per heavy atom. The highest BCUT2D eigenvalue weighted by atomic mass is 16.6. The summed E-state index contributed by atoms with van der Waals surface area (Å²) in [7, 11) is 0. The molecule has 1 saturated heterocycles. The second-order valence-corrected chi connectivity index (χ2v) is 5.32. The molecule has 0 spiro atoms. The lowest BCUT2D eigenvalue weighted by atomic mass is 9.71. The first-order chi connectivity index (χ1) is 5.66. The second-order valence-electron chi connectivity index (χ2n) is 5.32. The van der Waals surface area contributed by atoms with Gasteiger partial charge in [0.15, 0.2) is 0 Å². The molecule has 0 bridgehead atoms. The molecule has 12 heavy (non-hydrogen) atoms. The Kier molecular flexibility index (Phi) is 2.16. The van der Waals surface area contributed by atoms with Crippen LogP contribution in [0.1, 0.15) is 46.0 Å². The molecule has 2 unspecified atom stereocenters. The lowest BCUT2D eigenvalue weighted by Crippen LogP contribution is -2.23. The van der Waals surface area contributed by atoms with Crippen molar-refractivity contribution < 1.29 is 4.74 Å². The number of rotatable bonds is 2. The van der Waals surface area contributed by atoms with Crippen LogP contribution in [0, 0.1) is 11.3 Å². The topological polar surface area (TPSA) is 12.5 Å². The Hall–Kier alpha value is -0.0400. The summed E-state index contributed by atoms with van der Waals surface area (Å²) in [6.45, 7) is 5.86. The second kappa shape index (κ2) is 3.02. The highest BCUT2D eigenvalue weighted by Gasteiger charge is 2.32. The van der Waals surface area contributed by atoms with Gasteiger partial charge in [-0.3, -0.25) is 0 Å². The summed E-state index contributed by atoms with van der Waals surface area (Å²) in [5.74, 6) is 0.959. The first-order valence-electron chi connectivity index (χ1n) is 5.27. The van der Waals surface area contributed by atoms with Gasteiger partial charge in [0.25, 0.3) is 0 Å². The molecule has 1 nitrogen and oxygen atoms in total. The van der Waals surface area contributed by atoms with Crippen molar-refractivity contribution >= 4 is 0 Å². The quantitative estimate of drug-likeness (QED) is 0.577. The molecule has 1 saturated carbocycles. The van der Waals surface area contributed by atoms with Gasteiger partial charge < -0.3 is 4.74 Å². The van der Waals surface area contributed by atoms with Crippen LogP contribution in [0.3, 0.4) is 0 Å². The Labute approximate surface area is 75.5 Å². The van der Waals surface area contributed by atoms with Crippen molar-refractivity contribution in [3.8, 4) is 0 Å². The molecule has 2 rings (SSSR count). The highest BCUT2D eigenvalue weighted by molar-refractivity contribution is 4.83. The minimum absolute atomic E-state index is 0.609. The van der Waals surface area contributed by atoms with Crippen LogP contribution in [0.5, 0.6) is 0 Å². The monoisotopic (exact) mass is 168 g/mol. The van der Waals surface area contributed by atoms with E-state index in [1.54, 1.807) is 0 Å². The third-order valence-electron chi connectivity index (χ3n) is 3.31. The number of epoxide rings is 1. The standard InChI is InChI=1S/C11H20O/c1-11(2)5-3-4-9(7-11)6-10-8-12-10/h9-10H,3-8H2,1-2H3. The first-order valence-corrected chi connectivity index (χ1v) is 5.27. The van der Waals surface area contributed by atoms with Crippen molar-refractivity contribution in [3.05, 3.63) is 0 Å². The molecule has 1 heterocycles. The third-order valence-corrected chi connectivity index (χ3v) is 3.31. The van der Waals surface area contributed by atoms with Gasteiger partial charge in [-0.2, -0.15) is 0 Å². The van der Waals surface area contributed by atoms with Crippen LogP contribution in [0.4, 0.5) is 0 Å². The minimum Gasteiger partial charge on any atom is -0.373 e. The average molecular weight is 168 g/mol. The van der Waals surface area contributed by atoms with Gasteiger partial charge >= 0.3 is 0 Å². The van der Waals surface area contributed by atoms with Crippen LogP contribution >= 0.6 is 0 Å². The molecule has 0 aromatic heterocycles. The summed E-state index contributed by atoms with van der Waals surface area (Å²) in [4.78, 5) is 0. The smallest absolute Gasteiger partial charge is 0.0812 e. The third kappa shape index (κ3) is 2.22. The normalized spacial score (nSPS) is 39.5. The molecule has 0 amide bonds. The molecule has 2 aliphatic rings.